The first-order valence-corrected chi connectivity index (χ1v) is 9.14. The molecule has 0 bridgehead atoms. The van der Waals surface area contributed by atoms with Crippen molar-refractivity contribution in [2.45, 2.75) is 43.8 Å². The summed E-state index contributed by atoms with van der Waals surface area (Å²) < 4.78 is 37.6. The van der Waals surface area contributed by atoms with Crippen LogP contribution in [0, 0.1) is 6.92 Å². The first-order valence-electron chi connectivity index (χ1n) is 9.14. The summed E-state index contributed by atoms with van der Waals surface area (Å²) in [7, 11) is 1.70. The Kier molecular flexibility index (Phi) is 5.46. The van der Waals surface area contributed by atoms with Crippen LogP contribution in [-0.2, 0) is 5.41 Å². The first kappa shape index (κ1) is 19.0. The number of hydrogen-bond donors (Lipinski definition) is 2. The first-order chi connectivity index (χ1) is 12.3. The van der Waals surface area contributed by atoms with Crippen molar-refractivity contribution in [2.75, 3.05) is 33.2 Å². The van der Waals surface area contributed by atoms with Crippen LogP contribution in [-0.4, -0.2) is 56.3 Å². The van der Waals surface area contributed by atoms with E-state index in [1.54, 1.807) is 7.05 Å². The Hall–Kier alpha value is -1.76. The number of rotatable bonds is 5. The van der Waals surface area contributed by atoms with Gasteiger partial charge in [-0.1, -0.05) is 24.3 Å². The number of likely N-dealkylation sites (tertiary alicyclic amines) is 1. The zero-order valence-electron chi connectivity index (χ0n) is 15.4. The molecule has 2 aliphatic rings. The van der Waals surface area contributed by atoms with Crippen LogP contribution in [0.3, 0.4) is 0 Å². The van der Waals surface area contributed by atoms with Gasteiger partial charge in [0.05, 0.1) is 6.54 Å². The number of alkyl halides is 3. The van der Waals surface area contributed by atoms with Crippen molar-refractivity contribution >= 4 is 5.96 Å². The predicted molar refractivity (Wildman–Crippen MR) is 97.5 cm³/mol. The van der Waals surface area contributed by atoms with Crippen LogP contribution in [0.1, 0.15) is 30.4 Å². The van der Waals surface area contributed by atoms with Gasteiger partial charge in [0.1, 0.15) is 0 Å². The SMILES string of the molecule is CN=C(NCC1(c2ccccc2C)CC1)NC1CCN(CC(F)(F)F)C1. The molecule has 1 saturated heterocycles. The minimum Gasteiger partial charge on any atom is -0.356 e. The molecule has 1 aromatic rings. The number of nitrogens with one attached hydrogen (secondary N) is 2. The molecular weight excluding hydrogens is 341 g/mol. The highest BCUT2D eigenvalue weighted by Gasteiger charge is 2.45. The maximum absolute atomic E-state index is 12.5. The summed E-state index contributed by atoms with van der Waals surface area (Å²) in [5.74, 6) is 0.670. The second kappa shape index (κ2) is 7.47. The smallest absolute Gasteiger partial charge is 0.356 e. The average molecular weight is 368 g/mol. The molecule has 26 heavy (non-hydrogen) atoms. The lowest BCUT2D eigenvalue weighted by Crippen LogP contribution is -2.47. The zero-order valence-corrected chi connectivity index (χ0v) is 15.4. The number of halogens is 3. The van der Waals surface area contributed by atoms with E-state index in [4.69, 9.17) is 0 Å². The van der Waals surface area contributed by atoms with Crippen LogP contribution in [0.25, 0.3) is 0 Å². The van der Waals surface area contributed by atoms with E-state index in [-0.39, 0.29) is 11.5 Å². The second-order valence-corrected chi connectivity index (χ2v) is 7.50. The van der Waals surface area contributed by atoms with Gasteiger partial charge < -0.3 is 10.6 Å². The number of hydrogen-bond acceptors (Lipinski definition) is 2. The summed E-state index contributed by atoms with van der Waals surface area (Å²) in [5, 5.41) is 6.66. The van der Waals surface area contributed by atoms with Gasteiger partial charge in [-0.15, -0.1) is 0 Å². The Morgan fingerprint density at radius 1 is 1.31 bits per heavy atom. The minimum atomic E-state index is -4.14. The molecule has 1 aliphatic carbocycles. The molecule has 0 spiro atoms. The average Bonchev–Trinajstić information content (AvgIpc) is 3.24. The van der Waals surface area contributed by atoms with Crippen LogP contribution in [0.15, 0.2) is 29.3 Å². The molecule has 1 aromatic carbocycles. The summed E-state index contributed by atoms with van der Waals surface area (Å²) in [5.41, 5.74) is 2.83. The van der Waals surface area contributed by atoms with Gasteiger partial charge in [-0.25, -0.2) is 0 Å². The fourth-order valence-electron chi connectivity index (χ4n) is 3.85. The quantitative estimate of drug-likeness (QED) is 0.620. The Labute approximate surface area is 152 Å². The third-order valence-corrected chi connectivity index (χ3v) is 5.40. The summed E-state index contributed by atoms with van der Waals surface area (Å²) >= 11 is 0. The molecule has 0 radical (unpaired) electrons. The Morgan fingerprint density at radius 3 is 2.65 bits per heavy atom. The Bertz CT molecular complexity index is 652. The number of nitrogens with zero attached hydrogens (tertiary/aromatic N) is 2. The van der Waals surface area contributed by atoms with E-state index in [1.807, 2.05) is 0 Å². The fourth-order valence-corrected chi connectivity index (χ4v) is 3.85. The van der Waals surface area contributed by atoms with E-state index in [1.165, 1.54) is 16.0 Å². The lowest BCUT2D eigenvalue weighted by molar-refractivity contribution is -0.143. The van der Waals surface area contributed by atoms with Crippen molar-refractivity contribution in [1.29, 1.82) is 0 Å². The number of aliphatic imine (C=N–C) groups is 1. The molecule has 0 amide bonds. The van der Waals surface area contributed by atoms with Crippen LogP contribution in [0.5, 0.6) is 0 Å². The highest BCUT2D eigenvalue weighted by atomic mass is 19.4. The monoisotopic (exact) mass is 368 g/mol. The molecule has 1 heterocycles. The lowest BCUT2D eigenvalue weighted by Gasteiger charge is -2.23. The van der Waals surface area contributed by atoms with E-state index in [2.05, 4.69) is 46.8 Å². The van der Waals surface area contributed by atoms with Crippen molar-refractivity contribution in [2.24, 2.45) is 4.99 Å². The normalized spacial score (nSPS) is 23.1. The second-order valence-electron chi connectivity index (χ2n) is 7.50. The molecular formula is C19H27F3N4. The van der Waals surface area contributed by atoms with Crippen molar-refractivity contribution in [3.8, 4) is 0 Å². The summed E-state index contributed by atoms with van der Waals surface area (Å²) in [6.07, 6.45) is -1.16. The Balaban J connectivity index is 1.51. The van der Waals surface area contributed by atoms with Crippen LogP contribution in [0.2, 0.25) is 0 Å². The van der Waals surface area contributed by atoms with Crippen molar-refractivity contribution < 1.29 is 13.2 Å². The standard InChI is InChI=1S/C19H27F3N4/c1-14-5-3-4-6-16(14)18(8-9-18)12-24-17(23-2)25-15-7-10-26(11-15)13-19(20,21)22/h3-6,15H,7-13H2,1-2H3,(H2,23,24,25). The van der Waals surface area contributed by atoms with Crippen molar-refractivity contribution in [3.05, 3.63) is 35.4 Å². The zero-order chi connectivity index (χ0) is 18.8. The fraction of sp³-hybridized carbons (Fsp3) is 0.632. The van der Waals surface area contributed by atoms with E-state index >= 15 is 0 Å². The molecule has 1 aliphatic heterocycles. The summed E-state index contributed by atoms with van der Waals surface area (Å²) in [6.45, 7) is 2.94. The Morgan fingerprint density at radius 2 is 2.04 bits per heavy atom. The van der Waals surface area contributed by atoms with Gasteiger partial charge in [0, 0.05) is 38.1 Å². The molecule has 144 valence electrons. The molecule has 7 heteroatoms. The third kappa shape index (κ3) is 4.69. The molecule has 0 aromatic heterocycles. The predicted octanol–water partition coefficient (Wildman–Crippen LogP) is 2.83. The number of guanidine groups is 1. The molecule has 3 rings (SSSR count). The van der Waals surface area contributed by atoms with E-state index in [0.717, 1.165) is 19.4 Å². The molecule has 1 atom stereocenters. The third-order valence-electron chi connectivity index (χ3n) is 5.40. The molecule has 2 fully saturated rings. The maximum Gasteiger partial charge on any atom is 0.401 e. The van der Waals surface area contributed by atoms with Gasteiger partial charge in [0.2, 0.25) is 0 Å². The lowest BCUT2D eigenvalue weighted by atomic mass is 9.92. The minimum absolute atomic E-state index is 0.00263. The molecule has 2 N–H and O–H groups in total. The molecule has 1 unspecified atom stereocenters. The van der Waals surface area contributed by atoms with Crippen LogP contribution < -0.4 is 10.6 Å². The molecule has 1 saturated carbocycles. The summed E-state index contributed by atoms with van der Waals surface area (Å²) in [4.78, 5) is 5.70. The summed E-state index contributed by atoms with van der Waals surface area (Å²) in [6, 6.07) is 8.44. The largest absolute Gasteiger partial charge is 0.401 e. The van der Waals surface area contributed by atoms with E-state index in [9.17, 15) is 13.2 Å². The van der Waals surface area contributed by atoms with Gasteiger partial charge in [-0.2, -0.15) is 13.2 Å². The van der Waals surface area contributed by atoms with Crippen molar-refractivity contribution in [1.82, 2.24) is 15.5 Å². The van der Waals surface area contributed by atoms with Gasteiger partial charge in [-0.05, 0) is 37.3 Å². The van der Waals surface area contributed by atoms with Crippen molar-refractivity contribution in [3.63, 3.8) is 0 Å². The molecule has 4 nitrogen and oxygen atoms in total. The van der Waals surface area contributed by atoms with Gasteiger partial charge >= 0.3 is 6.18 Å². The van der Waals surface area contributed by atoms with Crippen LogP contribution in [0.4, 0.5) is 13.2 Å². The number of aryl methyl sites for hydroxylation is 1. The van der Waals surface area contributed by atoms with E-state index < -0.39 is 12.7 Å². The topological polar surface area (TPSA) is 39.7 Å². The van der Waals surface area contributed by atoms with Gasteiger partial charge in [0.15, 0.2) is 5.96 Å². The maximum atomic E-state index is 12.5. The van der Waals surface area contributed by atoms with Gasteiger partial charge in [0.25, 0.3) is 0 Å². The number of benzene rings is 1. The highest BCUT2D eigenvalue weighted by Crippen LogP contribution is 2.48. The van der Waals surface area contributed by atoms with Gasteiger partial charge in [-0.3, -0.25) is 9.89 Å². The van der Waals surface area contributed by atoms with E-state index in [0.29, 0.717) is 25.5 Å². The van der Waals surface area contributed by atoms with Crippen LogP contribution >= 0.6 is 0 Å². The highest BCUT2D eigenvalue weighted by molar-refractivity contribution is 5.80.